The molecule has 0 fully saturated rings. The van der Waals surface area contributed by atoms with Gasteiger partial charge in [0, 0.05) is 5.69 Å². The second-order valence-electron chi connectivity index (χ2n) is 4.75. The number of benzene rings is 2. The second-order valence-corrected chi connectivity index (χ2v) is 4.75. The molecule has 0 saturated carbocycles. The van der Waals surface area contributed by atoms with E-state index in [1.807, 2.05) is 24.3 Å². The summed E-state index contributed by atoms with van der Waals surface area (Å²) >= 11 is 0. The molecule has 0 atom stereocenters. The van der Waals surface area contributed by atoms with Gasteiger partial charge in [0.15, 0.2) is 0 Å². The summed E-state index contributed by atoms with van der Waals surface area (Å²) in [5.74, 6) is 0. The zero-order valence-electron chi connectivity index (χ0n) is 11.8. The zero-order valence-corrected chi connectivity index (χ0v) is 11.8. The van der Waals surface area contributed by atoms with Crippen LogP contribution in [-0.2, 0) is 13.0 Å². The molecule has 0 radical (unpaired) electrons. The van der Waals surface area contributed by atoms with Crippen LogP contribution in [-0.4, -0.2) is 6.34 Å². The lowest BCUT2D eigenvalue weighted by Crippen LogP contribution is -2.00. The van der Waals surface area contributed by atoms with Crippen LogP contribution in [0, 0.1) is 6.92 Å². The number of aliphatic imine (C=N–C) groups is 1. The SMILES string of the molecule is C=CCc1cc(C)ccc1NC=NCc1ccccc1. The minimum absolute atomic E-state index is 0.691. The average molecular weight is 264 g/mol. The lowest BCUT2D eigenvalue weighted by molar-refractivity contribution is 1.08. The van der Waals surface area contributed by atoms with Gasteiger partial charge in [0.25, 0.3) is 0 Å². The molecular weight excluding hydrogens is 244 g/mol. The van der Waals surface area contributed by atoms with Crippen molar-refractivity contribution in [3.05, 3.63) is 77.9 Å². The number of nitrogens with zero attached hydrogens (tertiary/aromatic N) is 1. The third-order valence-electron chi connectivity index (χ3n) is 3.05. The Morgan fingerprint density at radius 1 is 1.15 bits per heavy atom. The summed E-state index contributed by atoms with van der Waals surface area (Å²) < 4.78 is 0. The van der Waals surface area contributed by atoms with Crippen LogP contribution in [0.2, 0.25) is 0 Å². The van der Waals surface area contributed by atoms with E-state index in [0.29, 0.717) is 6.54 Å². The second kappa shape index (κ2) is 7.29. The quantitative estimate of drug-likeness (QED) is 0.468. The number of hydrogen-bond acceptors (Lipinski definition) is 1. The van der Waals surface area contributed by atoms with E-state index in [1.165, 1.54) is 16.7 Å². The van der Waals surface area contributed by atoms with Crippen molar-refractivity contribution in [2.24, 2.45) is 4.99 Å². The highest BCUT2D eigenvalue weighted by atomic mass is 14.9. The van der Waals surface area contributed by atoms with Crippen molar-refractivity contribution in [3.8, 4) is 0 Å². The van der Waals surface area contributed by atoms with Crippen LogP contribution < -0.4 is 5.32 Å². The molecule has 0 heterocycles. The van der Waals surface area contributed by atoms with Gasteiger partial charge in [-0.05, 0) is 30.5 Å². The Morgan fingerprint density at radius 3 is 2.70 bits per heavy atom. The molecule has 2 aromatic rings. The summed E-state index contributed by atoms with van der Waals surface area (Å²) in [6.07, 6.45) is 4.54. The fraction of sp³-hybridized carbons (Fsp3) is 0.167. The Bertz CT molecular complexity index is 586. The zero-order chi connectivity index (χ0) is 14.2. The molecule has 0 aliphatic carbocycles. The fourth-order valence-corrected chi connectivity index (χ4v) is 2.04. The van der Waals surface area contributed by atoms with Gasteiger partial charge in [-0.1, -0.05) is 54.1 Å². The summed E-state index contributed by atoms with van der Waals surface area (Å²) in [7, 11) is 0. The first kappa shape index (κ1) is 14.1. The summed E-state index contributed by atoms with van der Waals surface area (Å²) in [5.41, 5.74) is 4.80. The van der Waals surface area contributed by atoms with Gasteiger partial charge in [0.1, 0.15) is 0 Å². The highest BCUT2D eigenvalue weighted by Gasteiger charge is 1.99. The Kier molecular flexibility index (Phi) is 5.13. The Hall–Kier alpha value is -2.35. The summed E-state index contributed by atoms with van der Waals surface area (Å²) in [4.78, 5) is 4.40. The van der Waals surface area contributed by atoms with Crippen molar-refractivity contribution in [1.29, 1.82) is 0 Å². The molecule has 2 nitrogen and oxygen atoms in total. The smallest absolute Gasteiger partial charge is 0.0872 e. The van der Waals surface area contributed by atoms with Gasteiger partial charge < -0.3 is 5.32 Å². The lowest BCUT2D eigenvalue weighted by atomic mass is 10.1. The third-order valence-corrected chi connectivity index (χ3v) is 3.05. The first-order valence-electron chi connectivity index (χ1n) is 6.79. The van der Waals surface area contributed by atoms with Crippen molar-refractivity contribution < 1.29 is 0 Å². The van der Waals surface area contributed by atoms with E-state index in [1.54, 1.807) is 6.34 Å². The molecule has 0 saturated heterocycles. The molecule has 0 amide bonds. The fourth-order valence-electron chi connectivity index (χ4n) is 2.04. The van der Waals surface area contributed by atoms with E-state index in [4.69, 9.17) is 0 Å². The van der Waals surface area contributed by atoms with E-state index >= 15 is 0 Å². The van der Waals surface area contributed by atoms with Gasteiger partial charge in [0.05, 0.1) is 12.9 Å². The van der Waals surface area contributed by atoms with Gasteiger partial charge in [0.2, 0.25) is 0 Å². The number of rotatable bonds is 6. The van der Waals surface area contributed by atoms with Crippen LogP contribution >= 0.6 is 0 Å². The maximum Gasteiger partial charge on any atom is 0.0872 e. The molecule has 2 aromatic carbocycles. The van der Waals surface area contributed by atoms with Gasteiger partial charge in [-0.15, -0.1) is 6.58 Å². The maximum atomic E-state index is 4.40. The van der Waals surface area contributed by atoms with E-state index < -0.39 is 0 Å². The number of nitrogens with one attached hydrogen (secondary N) is 1. The monoisotopic (exact) mass is 264 g/mol. The molecule has 2 heteroatoms. The highest BCUT2D eigenvalue weighted by Crippen LogP contribution is 2.17. The lowest BCUT2D eigenvalue weighted by Gasteiger charge is -2.08. The van der Waals surface area contributed by atoms with Crippen molar-refractivity contribution in [1.82, 2.24) is 0 Å². The van der Waals surface area contributed by atoms with Gasteiger partial charge in [-0.3, -0.25) is 4.99 Å². The number of hydrogen-bond donors (Lipinski definition) is 1. The van der Waals surface area contributed by atoms with Crippen LogP contribution in [0.5, 0.6) is 0 Å². The van der Waals surface area contributed by atoms with Crippen LogP contribution in [0.25, 0.3) is 0 Å². The normalized spacial score (nSPS) is 10.7. The van der Waals surface area contributed by atoms with E-state index in [-0.39, 0.29) is 0 Å². The number of anilines is 1. The van der Waals surface area contributed by atoms with Crippen molar-refractivity contribution in [3.63, 3.8) is 0 Å². The molecule has 0 aliphatic rings. The predicted molar refractivity (Wildman–Crippen MR) is 87.3 cm³/mol. The maximum absolute atomic E-state index is 4.40. The highest BCUT2D eigenvalue weighted by molar-refractivity contribution is 5.77. The summed E-state index contributed by atoms with van der Waals surface area (Å²) in [6, 6.07) is 16.6. The predicted octanol–water partition coefficient (Wildman–Crippen LogP) is 4.36. The van der Waals surface area contributed by atoms with Gasteiger partial charge in [-0.2, -0.15) is 0 Å². The van der Waals surface area contributed by atoms with Crippen molar-refractivity contribution in [2.75, 3.05) is 5.32 Å². The van der Waals surface area contributed by atoms with Crippen molar-refractivity contribution in [2.45, 2.75) is 19.9 Å². The molecule has 0 aliphatic heterocycles. The van der Waals surface area contributed by atoms with E-state index in [0.717, 1.165) is 12.1 Å². The molecule has 20 heavy (non-hydrogen) atoms. The molecule has 0 bridgehead atoms. The largest absolute Gasteiger partial charge is 0.346 e. The summed E-state index contributed by atoms with van der Waals surface area (Å²) in [6.45, 7) is 6.59. The molecular formula is C18H20N2. The van der Waals surface area contributed by atoms with E-state index in [2.05, 4.69) is 54.1 Å². The molecule has 1 N–H and O–H groups in total. The molecule has 0 unspecified atom stereocenters. The van der Waals surface area contributed by atoms with Gasteiger partial charge >= 0.3 is 0 Å². The molecule has 2 rings (SSSR count). The van der Waals surface area contributed by atoms with Crippen LogP contribution in [0.1, 0.15) is 16.7 Å². The number of allylic oxidation sites excluding steroid dienone is 1. The standard InChI is InChI=1S/C18H20N2/c1-3-7-17-12-15(2)10-11-18(17)20-14-19-13-16-8-5-4-6-9-16/h3-6,8-12,14H,1,7,13H2,2H3,(H,19,20). The molecule has 102 valence electrons. The molecule has 0 spiro atoms. The van der Waals surface area contributed by atoms with Crippen LogP contribution in [0.4, 0.5) is 5.69 Å². The minimum atomic E-state index is 0.691. The Balaban J connectivity index is 1.98. The van der Waals surface area contributed by atoms with Crippen molar-refractivity contribution >= 4 is 12.0 Å². The third kappa shape index (κ3) is 4.09. The molecule has 0 aromatic heterocycles. The van der Waals surface area contributed by atoms with Gasteiger partial charge in [-0.25, -0.2) is 0 Å². The topological polar surface area (TPSA) is 24.4 Å². The summed E-state index contributed by atoms with van der Waals surface area (Å²) in [5, 5.41) is 3.26. The Labute approximate surface area is 120 Å². The number of aryl methyl sites for hydroxylation is 1. The van der Waals surface area contributed by atoms with E-state index in [9.17, 15) is 0 Å². The first-order valence-corrected chi connectivity index (χ1v) is 6.79. The minimum Gasteiger partial charge on any atom is -0.346 e. The van der Waals surface area contributed by atoms with Crippen LogP contribution in [0.3, 0.4) is 0 Å². The average Bonchev–Trinajstić information content (AvgIpc) is 2.47. The first-order chi connectivity index (χ1) is 9.79. The van der Waals surface area contributed by atoms with Crippen LogP contribution in [0.15, 0.2) is 66.2 Å². The Morgan fingerprint density at radius 2 is 1.95 bits per heavy atom.